The van der Waals surface area contributed by atoms with E-state index in [0.29, 0.717) is 37.3 Å². The Kier molecular flexibility index (Phi) is 4.49. The second kappa shape index (κ2) is 6.31. The molecule has 1 aliphatic carbocycles. The Balaban J connectivity index is 2.24. The van der Waals surface area contributed by atoms with Crippen LogP contribution in [0.3, 0.4) is 0 Å². The molecule has 0 unspecified atom stereocenters. The smallest absolute Gasteiger partial charge is 0.158 e. The number of nitrogens with one attached hydrogen (secondary N) is 1. The van der Waals surface area contributed by atoms with Crippen LogP contribution < -0.4 is 16.2 Å². The second-order valence-corrected chi connectivity index (χ2v) is 4.44. The third kappa shape index (κ3) is 3.53. The average Bonchev–Trinajstić information content (AvgIpc) is 3.24. The second-order valence-electron chi connectivity index (χ2n) is 4.44. The number of methoxy groups -OCH3 is 1. The lowest BCUT2D eigenvalue weighted by Gasteiger charge is -2.23. The number of hydrogen-bond acceptors (Lipinski definition) is 7. The highest BCUT2D eigenvalue weighted by molar-refractivity contribution is 5.50. The van der Waals surface area contributed by atoms with Gasteiger partial charge in [-0.25, -0.2) is 15.8 Å². The molecule has 1 aliphatic rings. The van der Waals surface area contributed by atoms with Gasteiger partial charge >= 0.3 is 0 Å². The third-order valence-corrected chi connectivity index (χ3v) is 2.93. The summed E-state index contributed by atoms with van der Waals surface area (Å²) in [6.07, 6.45) is 2.76. The van der Waals surface area contributed by atoms with E-state index in [9.17, 15) is 0 Å². The first-order valence-corrected chi connectivity index (χ1v) is 6.25. The molecule has 0 amide bonds. The molecule has 102 valence electrons. The summed E-state index contributed by atoms with van der Waals surface area (Å²) in [5, 5.41) is 8.74. The van der Waals surface area contributed by atoms with Crippen molar-refractivity contribution in [1.82, 2.24) is 9.97 Å². The highest BCUT2D eigenvalue weighted by Crippen LogP contribution is 2.31. The van der Waals surface area contributed by atoms with Crippen LogP contribution in [0.2, 0.25) is 0 Å². The minimum Gasteiger partial charge on any atom is -0.377 e. The van der Waals surface area contributed by atoms with E-state index in [4.69, 9.17) is 15.8 Å². The van der Waals surface area contributed by atoms with Crippen molar-refractivity contribution in [3.8, 4) is 6.07 Å². The number of nitrogen functional groups attached to an aromatic ring is 1. The Morgan fingerprint density at radius 2 is 2.37 bits per heavy atom. The van der Waals surface area contributed by atoms with Gasteiger partial charge in [-0.05, 0) is 12.8 Å². The summed E-state index contributed by atoms with van der Waals surface area (Å²) in [6, 6.07) is 4.45. The van der Waals surface area contributed by atoms with Gasteiger partial charge in [0.05, 0.1) is 12.5 Å². The monoisotopic (exact) mass is 262 g/mol. The lowest BCUT2D eigenvalue weighted by atomic mass is 10.3. The largest absolute Gasteiger partial charge is 0.377 e. The first-order chi connectivity index (χ1) is 9.28. The van der Waals surface area contributed by atoms with Gasteiger partial charge in [-0.3, -0.25) is 0 Å². The van der Waals surface area contributed by atoms with Crippen LogP contribution in [0.1, 0.15) is 25.1 Å². The SMILES string of the molecule is COCc1nc(NN)cc(N(CCC#N)C2CC2)n1. The van der Waals surface area contributed by atoms with Crippen molar-refractivity contribution in [2.24, 2.45) is 5.84 Å². The maximum absolute atomic E-state index is 8.74. The average molecular weight is 262 g/mol. The summed E-state index contributed by atoms with van der Waals surface area (Å²) >= 11 is 0. The highest BCUT2D eigenvalue weighted by Gasteiger charge is 2.30. The van der Waals surface area contributed by atoms with Crippen LogP contribution in [-0.2, 0) is 11.3 Å². The first kappa shape index (κ1) is 13.5. The minimum absolute atomic E-state index is 0.333. The first-order valence-electron chi connectivity index (χ1n) is 6.25. The number of nitrogens with two attached hydrogens (primary N) is 1. The van der Waals surface area contributed by atoms with Crippen LogP contribution in [0.15, 0.2) is 6.07 Å². The van der Waals surface area contributed by atoms with Crippen molar-refractivity contribution < 1.29 is 4.74 Å². The van der Waals surface area contributed by atoms with E-state index in [0.717, 1.165) is 18.7 Å². The van der Waals surface area contributed by atoms with E-state index >= 15 is 0 Å². The fourth-order valence-corrected chi connectivity index (χ4v) is 1.94. The summed E-state index contributed by atoms with van der Waals surface area (Å²) in [5.74, 6) is 7.36. The van der Waals surface area contributed by atoms with Crippen molar-refractivity contribution in [2.75, 3.05) is 24.0 Å². The molecule has 7 nitrogen and oxygen atoms in total. The van der Waals surface area contributed by atoms with Gasteiger partial charge in [0, 0.05) is 25.8 Å². The number of ether oxygens (including phenoxy) is 1. The number of anilines is 2. The van der Waals surface area contributed by atoms with Gasteiger partial charge in [0.15, 0.2) is 5.82 Å². The molecule has 0 radical (unpaired) electrons. The zero-order valence-corrected chi connectivity index (χ0v) is 11.0. The number of nitrogens with zero attached hydrogens (tertiary/aromatic N) is 4. The van der Waals surface area contributed by atoms with Crippen LogP contribution in [-0.4, -0.2) is 29.7 Å². The number of aromatic nitrogens is 2. The Morgan fingerprint density at radius 1 is 1.58 bits per heavy atom. The van der Waals surface area contributed by atoms with Crippen molar-refractivity contribution >= 4 is 11.6 Å². The van der Waals surface area contributed by atoms with Crippen LogP contribution in [0, 0.1) is 11.3 Å². The van der Waals surface area contributed by atoms with Gasteiger partial charge in [-0.15, -0.1) is 0 Å². The Hall–Kier alpha value is -1.91. The van der Waals surface area contributed by atoms with Crippen LogP contribution in [0.4, 0.5) is 11.6 Å². The summed E-state index contributed by atoms with van der Waals surface area (Å²) in [7, 11) is 1.60. The predicted octanol–water partition coefficient (Wildman–Crippen LogP) is 0.791. The molecular weight excluding hydrogens is 244 g/mol. The standard InChI is InChI=1S/C12H18N6O/c1-19-8-11-15-10(17-14)7-12(16-11)18(6-2-5-13)9-3-4-9/h7,9H,2-4,6,8,14H2,1H3,(H,15,16,17). The van der Waals surface area contributed by atoms with Crippen molar-refractivity contribution in [3.05, 3.63) is 11.9 Å². The molecular formula is C12H18N6O. The van der Waals surface area contributed by atoms with Gasteiger partial charge in [-0.1, -0.05) is 0 Å². The summed E-state index contributed by atoms with van der Waals surface area (Å²) in [6.45, 7) is 1.01. The predicted molar refractivity (Wildman–Crippen MR) is 71.2 cm³/mol. The van der Waals surface area contributed by atoms with Crippen LogP contribution in [0.25, 0.3) is 0 Å². The quantitative estimate of drug-likeness (QED) is 0.553. The number of rotatable bonds is 7. The highest BCUT2D eigenvalue weighted by atomic mass is 16.5. The molecule has 0 spiro atoms. The zero-order valence-electron chi connectivity index (χ0n) is 11.0. The maximum Gasteiger partial charge on any atom is 0.158 e. The molecule has 0 atom stereocenters. The normalized spacial score (nSPS) is 13.9. The molecule has 0 aromatic carbocycles. The molecule has 0 aliphatic heterocycles. The molecule has 1 heterocycles. The van der Waals surface area contributed by atoms with Crippen molar-refractivity contribution in [1.29, 1.82) is 5.26 Å². The lowest BCUT2D eigenvalue weighted by molar-refractivity contribution is 0.178. The van der Waals surface area contributed by atoms with Crippen molar-refractivity contribution in [2.45, 2.75) is 31.9 Å². The molecule has 0 saturated heterocycles. The Labute approximate surface area is 112 Å². The van der Waals surface area contributed by atoms with Crippen LogP contribution >= 0.6 is 0 Å². The molecule has 1 fully saturated rings. The molecule has 7 heteroatoms. The van der Waals surface area contributed by atoms with Gasteiger partial charge in [0.25, 0.3) is 0 Å². The van der Waals surface area contributed by atoms with E-state index in [-0.39, 0.29) is 0 Å². The van der Waals surface area contributed by atoms with Crippen LogP contribution in [0.5, 0.6) is 0 Å². The molecule has 3 N–H and O–H groups in total. The van der Waals surface area contributed by atoms with E-state index in [1.807, 2.05) is 0 Å². The van der Waals surface area contributed by atoms with E-state index < -0.39 is 0 Å². The Bertz CT molecular complexity index is 468. The molecule has 2 rings (SSSR count). The van der Waals surface area contributed by atoms with E-state index in [1.165, 1.54) is 0 Å². The fraction of sp³-hybridized carbons (Fsp3) is 0.583. The number of hydrogen-bond donors (Lipinski definition) is 2. The van der Waals surface area contributed by atoms with E-state index in [1.54, 1.807) is 13.2 Å². The molecule has 0 bridgehead atoms. The van der Waals surface area contributed by atoms with E-state index in [2.05, 4.69) is 26.4 Å². The zero-order chi connectivity index (χ0) is 13.7. The van der Waals surface area contributed by atoms with Gasteiger partial charge < -0.3 is 15.1 Å². The number of hydrazine groups is 1. The molecule has 1 aromatic heterocycles. The molecule has 19 heavy (non-hydrogen) atoms. The van der Waals surface area contributed by atoms with Crippen molar-refractivity contribution in [3.63, 3.8) is 0 Å². The maximum atomic E-state index is 8.74. The minimum atomic E-state index is 0.333. The summed E-state index contributed by atoms with van der Waals surface area (Å²) in [4.78, 5) is 10.8. The van der Waals surface area contributed by atoms with Gasteiger partial charge in [-0.2, -0.15) is 5.26 Å². The summed E-state index contributed by atoms with van der Waals surface area (Å²) in [5.41, 5.74) is 2.54. The number of nitriles is 1. The topological polar surface area (TPSA) is 100 Å². The Morgan fingerprint density at radius 3 is 2.95 bits per heavy atom. The molecule has 1 aromatic rings. The lowest BCUT2D eigenvalue weighted by Crippen LogP contribution is -2.28. The van der Waals surface area contributed by atoms with Gasteiger partial charge in [0.2, 0.25) is 0 Å². The summed E-state index contributed by atoms with van der Waals surface area (Å²) < 4.78 is 5.05. The molecule has 1 saturated carbocycles. The van der Waals surface area contributed by atoms with Gasteiger partial charge in [0.1, 0.15) is 18.2 Å². The third-order valence-electron chi connectivity index (χ3n) is 2.93. The fourth-order valence-electron chi connectivity index (χ4n) is 1.94.